The number of rotatable bonds is 9. The van der Waals surface area contributed by atoms with Gasteiger partial charge in [-0.2, -0.15) is 0 Å². The van der Waals surface area contributed by atoms with Crippen LogP contribution in [0.3, 0.4) is 0 Å². The predicted octanol–water partition coefficient (Wildman–Crippen LogP) is 4.21. The number of benzene rings is 3. The Morgan fingerprint density at radius 2 is 1.45 bits per heavy atom. The molecular formula is C23H21NO7. The third-order valence-corrected chi connectivity index (χ3v) is 4.17. The molecule has 0 aliphatic rings. The Bertz CT molecular complexity index is 1020. The molecule has 0 unspecified atom stereocenters. The van der Waals surface area contributed by atoms with Crippen LogP contribution in [0.5, 0.6) is 28.7 Å². The topological polar surface area (TPSA) is 103 Å². The summed E-state index contributed by atoms with van der Waals surface area (Å²) in [5.74, 6) is 0.220. The fourth-order valence-electron chi connectivity index (χ4n) is 2.71. The lowest BCUT2D eigenvalue weighted by molar-refractivity contribution is -0.118. The number of carbonyl (C=O) groups is 2. The van der Waals surface area contributed by atoms with Gasteiger partial charge in [-0.25, -0.2) is 4.79 Å². The smallest absolute Gasteiger partial charge is 0.335 e. The van der Waals surface area contributed by atoms with Crippen molar-refractivity contribution in [3.63, 3.8) is 0 Å². The van der Waals surface area contributed by atoms with Crippen molar-refractivity contribution in [2.24, 2.45) is 0 Å². The van der Waals surface area contributed by atoms with E-state index in [1.54, 1.807) is 24.3 Å². The first-order chi connectivity index (χ1) is 15.0. The molecule has 3 aromatic carbocycles. The minimum Gasteiger partial charge on any atom is -0.493 e. The van der Waals surface area contributed by atoms with Crippen LogP contribution in [0, 0.1) is 0 Å². The molecule has 2 N–H and O–H groups in total. The lowest BCUT2D eigenvalue weighted by atomic mass is 10.2. The second-order valence-electron chi connectivity index (χ2n) is 6.29. The molecule has 0 radical (unpaired) electrons. The number of amides is 1. The van der Waals surface area contributed by atoms with E-state index in [1.165, 1.54) is 26.4 Å². The zero-order valence-electron chi connectivity index (χ0n) is 17.0. The number of para-hydroxylation sites is 1. The van der Waals surface area contributed by atoms with Crippen LogP contribution >= 0.6 is 0 Å². The molecule has 31 heavy (non-hydrogen) atoms. The maximum absolute atomic E-state index is 12.3. The largest absolute Gasteiger partial charge is 0.493 e. The van der Waals surface area contributed by atoms with Gasteiger partial charge >= 0.3 is 5.97 Å². The van der Waals surface area contributed by atoms with Crippen LogP contribution < -0.4 is 24.3 Å². The lowest BCUT2D eigenvalue weighted by Gasteiger charge is -2.15. The fourth-order valence-corrected chi connectivity index (χ4v) is 2.71. The minimum atomic E-state index is -1.14. The first-order valence-corrected chi connectivity index (χ1v) is 9.25. The molecular weight excluding hydrogens is 402 g/mol. The molecule has 3 rings (SSSR count). The van der Waals surface area contributed by atoms with Gasteiger partial charge in [-0.05, 0) is 48.5 Å². The van der Waals surface area contributed by atoms with E-state index in [1.807, 2.05) is 30.3 Å². The average molecular weight is 423 g/mol. The molecule has 0 saturated heterocycles. The number of carbonyl (C=O) groups excluding carboxylic acids is 1. The molecule has 0 aliphatic heterocycles. The van der Waals surface area contributed by atoms with Gasteiger partial charge in [0.25, 0.3) is 5.91 Å². The van der Waals surface area contributed by atoms with Gasteiger partial charge in [0, 0.05) is 5.69 Å². The first kappa shape index (κ1) is 21.5. The number of methoxy groups -OCH3 is 2. The molecule has 0 aliphatic carbocycles. The van der Waals surface area contributed by atoms with Crippen LogP contribution in [-0.4, -0.2) is 37.8 Å². The number of aromatic carboxylic acids is 1. The fraction of sp³-hybridized carbons (Fsp3) is 0.130. The molecule has 0 spiro atoms. The SMILES string of the molecule is COc1cc(C(=O)O)cc(OC)c1OCC(=O)Nc1ccc(Oc2ccccc2)cc1. The Morgan fingerprint density at radius 3 is 2.00 bits per heavy atom. The zero-order valence-corrected chi connectivity index (χ0v) is 17.0. The van der Waals surface area contributed by atoms with E-state index >= 15 is 0 Å². The standard InChI is InChI=1S/C23H21NO7/c1-28-19-12-15(23(26)27)13-20(29-2)22(19)30-14-21(25)24-16-8-10-18(11-9-16)31-17-6-4-3-5-7-17/h3-13H,14H2,1-2H3,(H,24,25)(H,26,27). The summed E-state index contributed by atoms with van der Waals surface area (Å²) < 4.78 is 21.6. The number of ether oxygens (including phenoxy) is 4. The van der Waals surface area contributed by atoms with Crippen LogP contribution in [0.2, 0.25) is 0 Å². The maximum Gasteiger partial charge on any atom is 0.335 e. The van der Waals surface area contributed by atoms with Crippen LogP contribution in [0.4, 0.5) is 5.69 Å². The number of hydrogen-bond donors (Lipinski definition) is 2. The van der Waals surface area contributed by atoms with Gasteiger partial charge in [-0.15, -0.1) is 0 Å². The third kappa shape index (κ3) is 5.66. The van der Waals surface area contributed by atoms with Gasteiger partial charge in [0.1, 0.15) is 11.5 Å². The van der Waals surface area contributed by atoms with Crippen molar-refractivity contribution in [2.75, 3.05) is 26.1 Å². The summed E-state index contributed by atoms with van der Waals surface area (Å²) in [6.07, 6.45) is 0. The molecule has 160 valence electrons. The highest BCUT2D eigenvalue weighted by Crippen LogP contribution is 2.38. The van der Waals surface area contributed by atoms with E-state index in [0.717, 1.165) is 0 Å². The van der Waals surface area contributed by atoms with Crippen LogP contribution in [0.1, 0.15) is 10.4 Å². The molecule has 8 nitrogen and oxygen atoms in total. The summed E-state index contributed by atoms with van der Waals surface area (Å²) in [5, 5.41) is 11.9. The van der Waals surface area contributed by atoms with Crippen LogP contribution in [0.25, 0.3) is 0 Å². The highest BCUT2D eigenvalue weighted by atomic mass is 16.5. The van der Waals surface area contributed by atoms with Crippen molar-refractivity contribution >= 4 is 17.6 Å². The van der Waals surface area contributed by atoms with Crippen molar-refractivity contribution < 1.29 is 33.6 Å². The Hall–Kier alpha value is -4.20. The maximum atomic E-state index is 12.3. The van der Waals surface area contributed by atoms with E-state index in [9.17, 15) is 14.7 Å². The van der Waals surface area contributed by atoms with E-state index < -0.39 is 11.9 Å². The molecule has 0 aromatic heterocycles. The summed E-state index contributed by atoms with van der Waals surface area (Å²) >= 11 is 0. The predicted molar refractivity (Wildman–Crippen MR) is 114 cm³/mol. The van der Waals surface area contributed by atoms with Gasteiger partial charge in [0.05, 0.1) is 19.8 Å². The van der Waals surface area contributed by atoms with Crippen molar-refractivity contribution in [2.45, 2.75) is 0 Å². The minimum absolute atomic E-state index is 0.0247. The number of nitrogens with one attached hydrogen (secondary N) is 1. The van der Waals surface area contributed by atoms with Gasteiger partial charge in [0.2, 0.25) is 5.75 Å². The average Bonchev–Trinajstić information content (AvgIpc) is 2.79. The lowest BCUT2D eigenvalue weighted by Crippen LogP contribution is -2.20. The van der Waals surface area contributed by atoms with E-state index in [0.29, 0.717) is 17.2 Å². The van der Waals surface area contributed by atoms with Gasteiger partial charge < -0.3 is 29.4 Å². The molecule has 1 amide bonds. The van der Waals surface area contributed by atoms with Gasteiger partial charge in [0.15, 0.2) is 18.1 Å². The Balaban J connectivity index is 1.62. The van der Waals surface area contributed by atoms with Crippen molar-refractivity contribution in [1.82, 2.24) is 0 Å². The highest BCUT2D eigenvalue weighted by Gasteiger charge is 2.18. The van der Waals surface area contributed by atoms with Crippen molar-refractivity contribution in [3.05, 3.63) is 72.3 Å². The normalized spacial score (nSPS) is 10.1. The molecule has 8 heteroatoms. The van der Waals surface area contributed by atoms with E-state index in [2.05, 4.69) is 5.32 Å². The van der Waals surface area contributed by atoms with E-state index in [4.69, 9.17) is 18.9 Å². The molecule has 0 bridgehead atoms. The Labute approximate surface area is 178 Å². The van der Waals surface area contributed by atoms with Crippen LogP contribution in [0.15, 0.2) is 66.7 Å². The number of anilines is 1. The van der Waals surface area contributed by atoms with Crippen molar-refractivity contribution in [3.8, 4) is 28.7 Å². The molecule has 0 saturated carbocycles. The highest BCUT2D eigenvalue weighted by molar-refractivity contribution is 5.92. The van der Waals surface area contributed by atoms with E-state index in [-0.39, 0.29) is 29.4 Å². The second kappa shape index (κ2) is 10.0. The molecule has 3 aromatic rings. The summed E-state index contributed by atoms with van der Waals surface area (Å²) in [5.41, 5.74) is 0.539. The number of carboxylic acid groups (broad SMARTS) is 1. The van der Waals surface area contributed by atoms with Crippen molar-refractivity contribution in [1.29, 1.82) is 0 Å². The third-order valence-electron chi connectivity index (χ3n) is 4.17. The summed E-state index contributed by atoms with van der Waals surface area (Å²) in [4.78, 5) is 23.5. The number of carboxylic acids is 1. The molecule has 0 fully saturated rings. The summed E-state index contributed by atoms with van der Waals surface area (Å²) in [6, 6.07) is 18.8. The molecule has 0 atom stereocenters. The Kier molecular flexibility index (Phi) is 6.95. The monoisotopic (exact) mass is 423 g/mol. The quantitative estimate of drug-likeness (QED) is 0.531. The van der Waals surface area contributed by atoms with Crippen LogP contribution in [-0.2, 0) is 4.79 Å². The Morgan fingerprint density at radius 1 is 0.871 bits per heavy atom. The summed E-state index contributed by atoms with van der Waals surface area (Å²) in [6.45, 7) is -0.332. The number of hydrogen-bond acceptors (Lipinski definition) is 6. The second-order valence-corrected chi connectivity index (χ2v) is 6.29. The van der Waals surface area contributed by atoms with Gasteiger partial charge in [-0.3, -0.25) is 4.79 Å². The zero-order chi connectivity index (χ0) is 22.2. The van der Waals surface area contributed by atoms with Gasteiger partial charge in [-0.1, -0.05) is 18.2 Å². The molecule has 0 heterocycles. The summed E-state index contributed by atoms with van der Waals surface area (Å²) in [7, 11) is 2.73. The first-order valence-electron chi connectivity index (χ1n) is 9.25.